The molecule has 0 amide bonds. The Kier molecular flexibility index (Phi) is 6.90. The third kappa shape index (κ3) is 5.98. The van der Waals surface area contributed by atoms with Crippen LogP contribution in [0.2, 0.25) is 30.7 Å². The predicted molar refractivity (Wildman–Crippen MR) is 100 cm³/mol. The van der Waals surface area contributed by atoms with Crippen LogP contribution in [0, 0.1) is 10.1 Å². The van der Waals surface area contributed by atoms with Crippen LogP contribution in [0.4, 0.5) is 14.5 Å². The van der Waals surface area contributed by atoms with Crippen LogP contribution in [-0.4, -0.2) is 36.0 Å². The van der Waals surface area contributed by atoms with Gasteiger partial charge in [-0.3, -0.25) is 10.1 Å². The van der Waals surface area contributed by atoms with Gasteiger partial charge in [0.1, 0.15) is 18.7 Å². The van der Waals surface area contributed by atoms with Gasteiger partial charge in [-0.25, -0.2) is 4.68 Å². The first-order valence-electron chi connectivity index (χ1n) is 8.11. The highest BCUT2D eigenvalue weighted by atomic mass is 35.5. The maximum Gasteiger partial charge on any atom is 0.387 e. The summed E-state index contributed by atoms with van der Waals surface area (Å²) >= 11 is 5.96. The molecule has 0 saturated heterocycles. The third-order valence-electron chi connectivity index (χ3n) is 3.64. The molecule has 7 nitrogen and oxygen atoms in total. The molecule has 0 N–H and O–H groups in total. The molecule has 11 heteroatoms. The molecule has 27 heavy (non-hydrogen) atoms. The summed E-state index contributed by atoms with van der Waals surface area (Å²) < 4.78 is 36.8. The number of ether oxygens (including phenoxy) is 2. The van der Waals surface area contributed by atoms with Crippen LogP contribution in [0.1, 0.15) is 0 Å². The lowest BCUT2D eigenvalue weighted by atomic mass is 10.1. The highest BCUT2D eigenvalue weighted by Gasteiger charge is 2.26. The first-order valence-corrected chi connectivity index (χ1v) is 12.2. The lowest BCUT2D eigenvalue weighted by molar-refractivity contribution is -0.384. The molecule has 0 saturated carbocycles. The van der Waals surface area contributed by atoms with Gasteiger partial charge in [-0.1, -0.05) is 31.2 Å². The highest BCUT2D eigenvalue weighted by molar-refractivity contribution is 6.76. The van der Waals surface area contributed by atoms with Crippen molar-refractivity contribution in [3.63, 3.8) is 0 Å². The molecule has 0 aliphatic carbocycles. The van der Waals surface area contributed by atoms with Gasteiger partial charge in [0.15, 0.2) is 5.69 Å². The lowest BCUT2D eigenvalue weighted by Crippen LogP contribution is -2.22. The Hall–Kier alpha value is -2.04. The van der Waals surface area contributed by atoms with Gasteiger partial charge in [0.2, 0.25) is 0 Å². The van der Waals surface area contributed by atoms with E-state index < -0.39 is 19.6 Å². The SMILES string of the molecule is C[Si](C)(C)CCOCn1ncc([N+](=O)[O-])c1-c1cc(Cl)ccc1OC(F)F. The molecule has 148 valence electrons. The Morgan fingerprint density at radius 3 is 2.67 bits per heavy atom. The maximum atomic E-state index is 12.7. The average Bonchev–Trinajstić information content (AvgIpc) is 2.96. The maximum absolute atomic E-state index is 12.7. The van der Waals surface area contributed by atoms with Crippen LogP contribution in [0.25, 0.3) is 11.3 Å². The second kappa shape index (κ2) is 8.76. The number of nitrogens with zero attached hydrogens (tertiary/aromatic N) is 3. The summed E-state index contributed by atoms with van der Waals surface area (Å²) in [6.07, 6.45) is 1.05. The van der Waals surface area contributed by atoms with Crippen LogP contribution in [0.15, 0.2) is 24.4 Å². The fraction of sp³-hybridized carbons (Fsp3) is 0.438. The van der Waals surface area contributed by atoms with E-state index in [0.717, 1.165) is 12.2 Å². The number of nitro groups is 1. The van der Waals surface area contributed by atoms with Gasteiger partial charge >= 0.3 is 12.3 Å². The van der Waals surface area contributed by atoms with E-state index in [4.69, 9.17) is 16.3 Å². The standard InChI is InChI=1S/C16H20ClF2N3O4Si/c1-27(2,3)7-6-25-10-21-15(13(9-20-21)22(23)24)12-8-11(17)4-5-14(12)26-16(18)19/h4-5,8-9,16H,6-7,10H2,1-3H3. The van der Waals surface area contributed by atoms with Gasteiger partial charge in [0.05, 0.1) is 10.5 Å². The van der Waals surface area contributed by atoms with Crippen molar-refractivity contribution in [2.45, 2.75) is 39.0 Å². The van der Waals surface area contributed by atoms with Gasteiger partial charge in [0.25, 0.3) is 0 Å². The summed E-state index contributed by atoms with van der Waals surface area (Å²) in [4.78, 5) is 10.7. The number of hydrogen-bond donors (Lipinski definition) is 0. The molecule has 0 unspecified atom stereocenters. The predicted octanol–water partition coefficient (Wildman–Crippen LogP) is 5.03. The van der Waals surface area contributed by atoms with Gasteiger partial charge in [-0.05, 0) is 24.2 Å². The normalized spacial score (nSPS) is 11.8. The van der Waals surface area contributed by atoms with Crippen molar-refractivity contribution in [2.75, 3.05) is 6.61 Å². The van der Waals surface area contributed by atoms with Crippen molar-refractivity contribution >= 4 is 25.4 Å². The molecule has 2 aromatic rings. The number of benzene rings is 1. The summed E-state index contributed by atoms with van der Waals surface area (Å²) in [5, 5.41) is 15.6. The van der Waals surface area contributed by atoms with Crippen molar-refractivity contribution in [1.29, 1.82) is 0 Å². The van der Waals surface area contributed by atoms with Gasteiger partial charge in [0, 0.05) is 19.7 Å². The van der Waals surface area contributed by atoms with E-state index in [9.17, 15) is 18.9 Å². The summed E-state index contributed by atoms with van der Waals surface area (Å²) in [5.74, 6) is -0.235. The van der Waals surface area contributed by atoms with Crippen molar-refractivity contribution in [2.24, 2.45) is 0 Å². The zero-order chi connectivity index (χ0) is 20.2. The van der Waals surface area contributed by atoms with Crippen LogP contribution >= 0.6 is 11.6 Å². The summed E-state index contributed by atoms with van der Waals surface area (Å²) in [6, 6.07) is 4.82. The number of hydrogen-bond acceptors (Lipinski definition) is 5. The molecule has 1 aromatic carbocycles. The van der Waals surface area contributed by atoms with Gasteiger partial charge in [-0.15, -0.1) is 0 Å². The average molecular weight is 420 g/mol. The Morgan fingerprint density at radius 1 is 1.37 bits per heavy atom. The fourth-order valence-corrected chi connectivity index (χ4v) is 3.23. The van der Waals surface area contributed by atoms with Gasteiger partial charge < -0.3 is 9.47 Å². The van der Waals surface area contributed by atoms with E-state index >= 15 is 0 Å². The van der Waals surface area contributed by atoms with Crippen LogP contribution in [0.3, 0.4) is 0 Å². The zero-order valence-electron chi connectivity index (χ0n) is 15.1. The molecular weight excluding hydrogens is 400 g/mol. The molecule has 0 aliphatic rings. The molecule has 0 spiro atoms. The zero-order valence-corrected chi connectivity index (χ0v) is 16.9. The molecule has 0 atom stereocenters. The minimum absolute atomic E-state index is 0.00819. The summed E-state index contributed by atoms with van der Waals surface area (Å²) in [5.41, 5.74) is -0.322. The van der Waals surface area contributed by atoms with Crippen LogP contribution in [0.5, 0.6) is 5.75 Å². The van der Waals surface area contributed by atoms with Crippen LogP contribution < -0.4 is 4.74 Å². The Morgan fingerprint density at radius 2 is 2.07 bits per heavy atom. The topological polar surface area (TPSA) is 79.4 Å². The van der Waals surface area contributed by atoms with E-state index in [-0.39, 0.29) is 34.4 Å². The largest absolute Gasteiger partial charge is 0.434 e. The number of halogens is 3. The second-order valence-electron chi connectivity index (χ2n) is 7.00. The smallest absolute Gasteiger partial charge is 0.387 e. The Labute approximate surface area is 161 Å². The Balaban J connectivity index is 2.39. The van der Waals surface area contributed by atoms with Crippen molar-refractivity contribution in [3.8, 4) is 17.0 Å². The second-order valence-corrected chi connectivity index (χ2v) is 13.1. The van der Waals surface area contributed by atoms with Crippen molar-refractivity contribution < 1.29 is 23.2 Å². The number of alkyl halides is 2. The van der Waals surface area contributed by atoms with Gasteiger partial charge in [-0.2, -0.15) is 13.9 Å². The van der Waals surface area contributed by atoms with Crippen molar-refractivity contribution in [3.05, 3.63) is 39.5 Å². The summed E-state index contributed by atoms with van der Waals surface area (Å²) in [7, 11) is -1.30. The van der Waals surface area contributed by atoms with E-state index in [1.54, 1.807) is 0 Å². The van der Waals surface area contributed by atoms with E-state index in [2.05, 4.69) is 29.5 Å². The molecule has 1 heterocycles. The third-order valence-corrected chi connectivity index (χ3v) is 5.58. The minimum Gasteiger partial charge on any atom is -0.434 e. The molecule has 2 rings (SSSR count). The molecule has 0 aliphatic heterocycles. The molecule has 0 radical (unpaired) electrons. The fourth-order valence-electron chi connectivity index (χ4n) is 2.30. The first-order chi connectivity index (χ1) is 12.6. The number of aromatic nitrogens is 2. The van der Waals surface area contributed by atoms with E-state index in [0.29, 0.717) is 6.61 Å². The summed E-state index contributed by atoms with van der Waals surface area (Å²) in [6.45, 7) is 3.90. The first kappa shape index (κ1) is 21.3. The minimum atomic E-state index is -3.09. The highest BCUT2D eigenvalue weighted by Crippen LogP contribution is 2.38. The Bertz CT molecular complexity index is 811. The monoisotopic (exact) mass is 419 g/mol. The van der Waals surface area contributed by atoms with E-state index in [1.807, 2.05) is 0 Å². The molecule has 0 fully saturated rings. The molecule has 1 aromatic heterocycles. The molecule has 0 bridgehead atoms. The van der Waals surface area contributed by atoms with E-state index in [1.165, 1.54) is 22.9 Å². The van der Waals surface area contributed by atoms with Crippen molar-refractivity contribution in [1.82, 2.24) is 9.78 Å². The lowest BCUT2D eigenvalue weighted by Gasteiger charge is -2.16. The quantitative estimate of drug-likeness (QED) is 0.246. The molecular formula is C16H20ClF2N3O4Si. The van der Waals surface area contributed by atoms with Crippen LogP contribution in [-0.2, 0) is 11.5 Å². The number of rotatable bonds is 9.